The highest BCUT2D eigenvalue weighted by atomic mass is 16.4. The lowest BCUT2D eigenvalue weighted by molar-refractivity contribution is -0.148. The Morgan fingerprint density at radius 3 is 2.62 bits per heavy atom. The van der Waals surface area contributed by atoms with Crippen LogP contribution in [0.25, 0.3) is 10.8 Å². The molecule has 1 aliphatic rings. The van der Waals surface area contributed by atoms with E-state index in [-0.39, 0.29) is 24.4 Å². The van der Waals surface area contributed by atoms with Gasteiger partial charge in [-0.15, -0.1) is 0 Å². The highest BCUT2D eigenvalue weighted by molar-refractivity contribution is 5.84. The summed E-state index contributed by atoms with van der Waals surface area (Å²) >= 11 is 0. The number of benzene rings is 1. The molecular formula is C16H17N3O5. The maximum absolute atomic E-state index is 12.4. The lowest BCUT2D eigenvalue weighted by Gasteiger charge is -2.21. The van der Waals surface area contributed by atoms with E-state index in [0.717, 1.165) is 4.68 Å². The molecule has 1 saturated heterocycles. The summed E-state index contributed by atoms with van der Waals surface area (Å²) < 4.78 is 1.11. The number of fused-ring (bicyclic) bond motifs is 1. The standard InChI is InChI=1S/C16H17N3O5/c20-13(18-8-3-6-12(18)16(23)24)7-9-19-15(22)11-5-2-1-4-10(11)14(21)17-19/h1-2,4-5,12H,3,6-9H2,(H,17,21)(H,23,24)/t12-/m1/s1. The Morgan fingerprint density at radius 1 is 1.21 bits per heavy atom. The number of nitrogens with zero attached hydrogens (tertiary/aromatic N) is 2. The Kier molecular flexibility index (Phi) is 4.20. The van der Waals surface area contributed by atoms with Crippen LogP contribution in [-0.4, -0.2) is 44.3 Å². The largest absolute Gasteiger partial charge is 0.480 e. The fourth-order valence-corrected chi connectivity index (χ4v) is 3.08. The second-order valence-corrected chi connectivity index (χ2v) is 5.78. The number of aromatic amines is 1. The summed E-state index contributed by atoms with van der Waals surface area (Å²) in [6.45, 7) is 0.402. The van der Waals surface area contributed by atoms with Crippen molar-refractivity contribution in [1.29, 1.82) is 0 Å². The van der Waals surface area contributed by atoms with E-state index in [2.05, 4.69) is 5.10 Å². The van der Waals surface area contributed by atoms with Gasteiger partial charge in [0.05, 0.1) is 17.3 Å². The van der Waals surface area contributed by atoms with Crippen LogP contribution in [0, 0.1) is 0 Å². The van der Waals surface area contributed by atoms with E-state index in [1.807, 2.05) is 0 Å². The minimum Gasteiger partial charge on any atom is -0.480 e. The van der Waals surface area contributed by atoms with Crippen LogP contribution in [0.1, 0.15) is 19.3 Å². The maximum atomic E-state index is 12.4. The average Bonchev–Trinajstić information content (AvgIpc) is 3.06. The number of likely N-dealkylation sites (tertiary alicyclic amines) is 1. The van der Waals surface area contributed by atoms with Gasteiger partial charge in [-0.3, -0.25) is 19.5 Å². The molecule has 1 aromatic heterocycles. The zero-order chi connectivity index (χ0) is 17.3. The van der Waals surface area contributed by atoms with Gasteiger partial charge in [0.25, 0.3) is 11.1 Å². The number of carbonyl (C=O) groups is 2. The smallest absolute Gasteiger partial charge is 0.326 e. The summed E-state index contributed by atoms with van der Waals surface area (Å²) in [6, 6.07) is 5.66. The maximum Gasteiger partial charge on any atom is 0.326 e. The predicted octanol–water partition coefficient (Wildman–Crippen LogP) is 0.155. The fraction of sp³-hybridized carbons (Fsp3) is 0.375. The van der Waals surface area contributed by atoms with Crippen LogP contribution in [0.5, 0.6) is 0 Å². The first-order valence-electron chi connectivity index (χ1n) is 7.73. The highest BCUT2D eigenvalue weighted by Gasteiger charge is 2.33. The minimum absolute atomic E-state index is 0.000575. The molecule has 8 nitrogen and oxygen atoms in total. The number of carboxylic acids is 1. The van der Waals surface area contributed by atoms with Crippen molar-refractivity contribution < 1.29 is 14.7 Å². The monoisotopic (exact) mass is 331 g/mol. The van der Waals surface area contributed by atoms with Crippen molar-refractivity contribution in [1.82, 2.24) is 14.7 Å². The Labute approximate surface area is 136 Å². The van der Waals surface area contributed by atoms with Gasteiger partial charge in [0.15, 0.2) is 0 Å². The molecule has 24 heavy (non-hydrogen) atoms. The molecule has 0 saturated carbocycles. The zero-order valence-electron chi connectivity index (χ0n) is 12.9. The number of carboxylic acid groups (broad SMARTS) is 1. The summed E-state index contributed by atoms with van der Waals surface area (Å²) in [4.78, 5) is 49.1. The number of rotatable bonds is 4. The molecule has 0 radical (unpaired) electrons. The van der Waals surface area contributed by atoms with E-state index >= 15 is 0 Å². The van der Waals surface area contributed by atoms with E-state index in [1.165, 1.54) is 4.90 Å². The Bertz CT molecular complexity index is 914. The molecule has 1 aliphatic heterocycles. The topological polar surface area (TPSA) is 112 Å². The van der Waals surface area contributed by atoms with Gasteiger partial charge in [-0.1, -0.05) is 12.1 Å². The van der Waals surface area contributed by atoms with Crippen LogP contribution in [0.2, 0.25) is 0 Å². The Hall–Kier alpha value is -2.90. The van der Waals surface area contributed by atoms with Gasteiger partial charge >= 0.3 is 5.97 Å². The number of H-pyrrole nitrogens is 1. The van der Waals surface area contributed by atoms with E-state index in [1.54, 1.807) is 24.3 Å². The number of amides is 1. The van der Waals surface area contributed by atoms with Gasteiger partial charge in [0, 0.05) is 13.0 Å². The molecule has 1 aromatic carbocycles. The van der Waals surface area contributed by atoms with Gasteiger partial charge in [-0.2, -0.15) is 0 Å². The number of aryl methyl sites for hydroxylation is 1. The summed E-state index contributed by atoms with van der Waals surface area (Å²) in [7, 11) is 0. The third-order valence-electron chi connectivity index (χ3n) is 4.29. The van der Waals surface area contributed by atoms with Crippen molar-refractivity contribution >= 4 is 22.6 Å². The van der Waals surface area contributed by atoms with E-state index in [0.29, 0.717) is 30.2 Å². The van der Waals surface area contributed by atoms with Crippen molar-refractivity contribution in [3.63, 3.8) is 0 Å². The van der Waals surface area contributed by atoms with E-state index < -0.39 is 17.6 Å². The first-order chi connectivity index (χ1) is 11.5. The van der Waals surface area contributed by atoms with Crippen molar-refractivity contribution in [3.8, 4) is 0 Å². The summed E-state index contributed by atoms with van der Waals surface area (Å²) in [5, 5.41) is 12.2. The molecule has 0 aliphatic carbocycles. The number of aliphatic carboxylic acids is 1. The zero-order valence-corrected chi connectivity index (χ0v) is 12.9. The third kappa shape index (κ3) is 2.82. The first kappa shape index (κ1) is 16.0. The molecule has 3 rings (SSSR count). The van der Waals surface area contributed by atoms with Crippen LogP contribution in [0.3, 0.4) is 0 Å². The average molecular weight is 331 g/mol. The molecule has 126 valence electrons. The van der Waals surface area contributed by atoms with Crippen LogP contribution in [0.15, 0.2) is 33.9 Å². The quantitative estimate of drug-likeness (QED) is 0.828. The van der Waals surface area contributed by atoms with Crippen LogP contribution < -0.4 is 11.1 Å². The van der Waals surface area contributed by atoms with Crippen molar-refractivity contribution in [2.75, 3.05) is 6.54 Å². The third-order valence-corrected chi connectivity index (χ3v) is 4.29. The molecule has 0 unspecified atom stereocenters. The van der Waals surface area contributed by atoms with Crippen LogP contribution in [0.4, 0.5) is 0 Å². The lowest BCUT2D eigenvalue weighted by atomic mass is 10.2. The van der Waals surface area contributed by atoms with Gasteiger partial charge in [0.2, 0.25) is 5.91 Å². The number of carbonyl (C=O) groups excluding carboxylic acids is 1. The molecule has 0 spiro atoms. The van der Waals surface area contributed by atoms with Gasteiger partial charge < -0.3 is 10.0 Å². The van der Waals surface area contributed by atoms with Gasteiger partial charge in [-0.25, -0.2) is 9.48 Å². The molecule has 1 amide bonds. The highest BCUT2D eigenvalue weighted by Crippen LogP contribution is 2.18. The molecule has 8 heteroatoms. The van der Waals surface area contributed by atoms with E-state index in [4.69, 9.17) is 5.11 Å². The lowest BCUT2D eigenvalue weighted by Crippen LogP contribution is -2.41. The second kappa shape index (κ2) is 6.31. The number of hydrogen-bond acceptors (Lipinski definition) is 4. The number of aromatic nitrogens is 2. The molecule has 2 aromatic rings. The summed E-state index contributed by atoms with van der Waals surface area (Å²) in [5.74, 6) is -1.35. The van der Waals surface area contributed by atoms with Gasteiger partial charge in [0.1, 0.15) is 6.04 Å². The van der Waals surface area contributed by atoms with Crippen LogP contribution in [-0.2, 0) is 16.1 Å². The fourth-order valence-electron chi connectivity index (χ4n) is 3.08. The molecule has 0 bridgehead atoms. The molecule has 1 atom stereocenters. The molecule has 2 N–H and O–H groups in total. The Balaban J connectivity index is 1.80. The first-order valence-corrected chi connectivity index (χ1v) is 7.73. The van der Waals surface area contributed by atoms with E-state index in [9.17, 15) is 19.2 Å². The number of hydrogen-bond donors (Lipinski definition) is 2. The molecular weight excluding hydrogens is 314 g/mol. The molecule has 1 fully saturated rings. The van der Waals surface area contributed by atoms with Crippen LogP contribution >= 0.6 is 0 Å². The van der Waals surface area contributed by atoms with Gasteiger partial charge in [-0.05, 0) is 25.0 Å². The van der Waals surface area contributed by atoms with Crippen molar-refractivity contribution in [3.05, 3.63) is 45.0 Å². The molecule has 2 heterocycles. The minimum atomic E-state index is -1.02. The van der Waals surface area contributed by atoms with Crippen molar-refractivity contribution in [2.24, 2.45) is 0 Å². The summed E-state index contributed by atoms with van der Waals surface area (Å²) in [6.07, 6.45) is 1.04. The summed E-state index contributed by atoms with van der Waals surface area (Å²) in [5.41, 5.74) is -0.781. The Morgan fingerprint density at radius 2 is 1.92 bits per heavy atom. The van der Waals surface area contributed by atoms with Crippen molar-refractivity contribution in [2.45, 2.75) is 31.8 Å². The predicted molar refractivity (Wildman–Crippen MR) is 85.8 cm³/mol. The SMILES string of the molecule is O=C(O)[C@H]1CCCN1C(=O)CCn1[nH]c(=O)c2ccccc2c1=O. The number of nitrogens with one attached hydrogen (secondary N) is 1. The second-order valence-electron chi connectivity index (χ2n) is 5.78. The normalized spacial score (nSPS) is 17.3.